The average Bonchev–Trinajstić information content (AvgIpc) is 2.30. The molecule has 6 nitrogen and oxygen atoms in total. The number of aliphatic carboxylic acids is 1. The molecule has 1 atom stereocenters. The summed E-state index contributed by atoms with van der Waals surface area (Å²) in [6.07, 6.45) is 3.17. The zero-order valence-corrected chi connectivity index (χ0v) is 10.5. The molecule has 3 N–H and O–H groups in total. The smallest absolute Gasteiger partial charge is 0.326 e. The van der Waals surface area contributed by atoms with Crippen LogP contribution >= 0.6 is 0 Å². The van der Waals surface area contributed by atoms with Crippen LogP contribution in [-0.4, -0.2) is 43.4 Å². The van der Waals surface area contributed by atoms with Gasteiger partial charge in [-0.25, -0.2) is 9.59 Å². The summed E-state index contributed by atoms with van der Waals surface area (Å²) in [5, 5.41) is 13.8. The number of nitrogens with one attached hydrogen (secondary N) is 2. The molecule has 0 radical (unpaired) electrons. The minimum Gasteiger partial charge on any atom is -0.480 e. The molecule has 0 unspecified atom stereocenters. The molecule has 0 bridgehead atoms. The first-order valence-corrected chi connectivity index (χ1v) is 5.88. The van der Waals surface area contributed by atoms with Crippen molar-refractivity contribution in [1.29, 1.82) is 0 Å². The Morgan fingerprint density at radius 3 is 2.53 bits per heavy atom. The van der Waals surface area contributed by atoms with Crippen LogP contribution in [0, 0.1) is 0 Å². The van der Waals surface area contributed by atoms with E-state index in [2.05, 4.69) is 10.6 Å². The van der Waals surface area contributed by atoms with Gasteiger partial charge in [-0.05, 0) is 25.7 Å². The Balaban J connectivity index is 3.55. The summed E-state index contributed by atoms with van der Waals surface area (Å²) in [4.78, 5) is 22.0. The first-order valence-electron chi connectivity index (χ1n) is 5.88. The molecule has 100 valence electrons. The lowest BCUT2D eigenvalue weighted by Gasteiger charge is -2.12. The lowest BCUT2D eigenvalue weighted by atomic mass is 10.2. The van der Waals surface area contributed by atoms with E-state index in [0.29, 0.717) is 13.0 Å². The maximum Gasteiger partial charge on any atom is 0.326 e. The highest BCUT2D eigenvalue weighted by Gasteiger charge is 2.16. The predicted octanol–water partition coefficient (Wildman–Crippen LogP) is 0.965. The van der Waals surface area contributed by atoms with Crippen molar-refractivity contribution in [2.45, 2.75) is 38.6 Å². The molecule has 0 aliphatic heterocycles. The van der Waals surface area contributed by atoms with Gasteiger partial charge in [0.1, 0.15) is 6.04 Å². The molecule has 0 saturated carbocycles. The van der Waals surface area contributed by atoms with Crippen LogP contribution in [0.1, 0.15) is 32.6 Å². The number of unbranched alkanes of at least 4 members (excludes halogenated alkanes) is 2. The highest BCUT2D eigenvalue weighted by atomic mass is 16.5. The van der Waals surface area contributed by atoms with Gasteiger partial charge in [0.2, 0.25) is 0 Å². The van der Waals surface area contributed by atoms with Gasteiger partial charge in [-0.15, -0.1) is 0 Å². The van der Waals surface area contributed by atoms with Crippen LogP contribution < -0.4 is 10.6 Å². The van der Waals surface area contributed by atoms with Crippen LogP contribution in [-0.2, 0) is 9.53 Å². The second-order valence-corrected chi connectivity index (χ2v) is 3.75. The van der Waals surface area contributed by atoms with Crippen molar-refractivity contribution in [2.75, 3.05) is 20.3 Å². The van der Waals surface area contributed by atoms with E-state index in [4.69, 9.17) is 9.84 Å². The Morgan fingerprint density at radius 2 is 2.00 bits per heavy atom. The minimum absolute atomic E-state index is 0.372. The van der Waals surface area contributed by atoms with E-state index < -0.39 is 18.0 Å². The average molecular weight is 246 g/mol. The second-order valence-electron chi connectivity index (χ2n) is 3.75. The fraction of sp³-hybridized carbons (Fsp3) is 0.818. The Kier molecular flexibility index (Phi) is 9.14. The van der Waals surface area contributed by atoms with Crippen molar-refractivity contribution in [1.82, 2.24) is 10.6 Å². The van der Waals surface area contributed by atoms with Gasteiger partial charge in [0.05, 0.1) is 0 Å². The van der Waals surface area contributed by atoms with Crippen LogP contribution in [0.25, 0.3) is 0 Å². The SMILES string of the molecule is CC[C@@H](NC(=O)NCCCCCOC)C(=O)O. The van der Waals surface area contributed by atoms with E-state index in [9.17, 15) is 9.59 Å². The Morgan fingerprint density at radius 1 is 1.29 bits per heavy atom. The molecule has 0 aromatic heterocycles. The van der Waals surface area contributed by atoms with Crippen LogP contribution in [0.3, 0.4) is 0 Å². The number of rotatable bonds is 9. The van der Waals surface area contributed by atoms with Gasteiger partial charge < -0.3 is 20.5 Å². The number of urea groups is 1. The molecule has 0 aliphatic rings. The van der Waals surface area contributed by atoms with Gasteiger partial charge in [0.25, 0.3) is 0 Å². The van der Waals surface area contributed by atoms with E-state index in [1.807, 2.05) is 0 Å². The van der Waals surface area contributed by atoms with Crippen LogP contribution in [0.2, 0.25) is 0 Å². The number of carboxylic acids is 1. The quantitative estimate of drug-likeness (QED) is 0.529. The Bertz CT molecular complexity index is 234. The fourth-order valence-electron chi connectivity index (χ4n) is 1.30. The zero-order valence-electron chi connectivity index (χ0n) is 10.5. The number of carbonyl (C=O) groups excluding carboxylic acids is 1. The molecule has 6 heteroatoms. The summed E-state index contributed by atoms with van der Waals surface area (Å²) in [6, 6.07) is -1.24. The number of carbonyl (C=O) groups is 2. The fourth-order valence-corrected chi connectivity index (χ4v) is 1.30. The van der Waals surface area contributed by atoms with Crippen LogP contribution in [0.5, 0.6) is 0 Å². The van der Waals surface area contributed by atoms with Gasteiger partial charge in [0, 0.05) is 20.3 Å². The van der Waals surface area contributed by atoms with Crippen molar-refractivity contribution in [3.63, 3.8) is 0 Å². The normalized spacial score (nSPS) is 11.9. The van der Waals surface area contributed by atoms with E-state index >= 15 is 0 Å². The molecule has 0 aromatic rings. The molecule has 0 saturated heterocycles. The van der Waals surface area contributed by atoms with E-state index in [0.717, 1.165) is 25.9 Å². The summed E-state index contributed by atoms with van der Waals surface area (Å²) < 4.78 is 4.90. The Hall–Kier alpha value is -1.30. The standard InChI is InChI=1S/C11H22N2O4/c1-3-9(10(14)15)13-11(16)12-7-5-4-6-8-17-2/h9H,3-8H2,1-2H3,(H,14,15)(H2,12,13,16)/t9-/m1/s1. The third-order valence-corrected chi connectivity index (χ3v) is 2.32. The first kappa shape index (κ1) is 15.7. The second kappa shape index (κ2) is 9.89. The summed E-state index contributed by atoms with van der Waals surface area (Å²) in [6.45, 7) is 2.98. The number of methoxy groups -OCH3 is 1. The number of hydrogen-bond donors (Lipinski definition) is 3. The molecule has 17 heavy (non-hydrogen) atoms. The van der Waals surface area contributed by atoms with Crippen molar-refractivity contribution >= 4 is 12.0 Å². The molecule has 0 aromatic carbocycles. The predicted molar refractivity (Wildman–Crippen MR) is 64.0 cm³/mol. The van der Waals surface area contributed by atoms with E-state index in [1.54, 1.807) is 14.0 Å². The van der Waals surface area contributed by atoms with Crippen LogP contribution in [0.15, 0.2) is 0 Å². The van der Waals surface area contributed by atoms with Crippen molar-refractivity contribution in [3.05, 3.63) is 0 Å². The monoisotopic (exact) mass is 246 g/mol. The van der Waals surface area contributed by atoms with Crippen molar-refractivity contribution in [2.24, 2.45) is 0 Å². The highest BCUT2D eigenvalue weighted by Crippen LogP contribution is 1.94. The third-order valence-electron chi connectivity index (χ3n) is 2.32. The van der Waals surface area contributed by atoms with Gasteiger partial charge in [-0.2, -0.15) is 0 Å². The Labute approximate surface area is 102 Å². The van der Waals surface area contributed by atoms with Gasteiger partial charge in [-0.3, -0.25) is 0 Å². The van der Waals surface area contributed by atoms with Crippen molar-refractivity contribution in [3.8, 4) is 0 Å². The minimum atomic E-state index is -1.01. The van der Waals surface area contributed by atoms with Gasteiger partial charge >= 0.3 is 12.0 Å². The third kappa shape index (κ3) is 8.50. The number of hydrogen-bond acceptors (Lipinski definition) is 3. The largest absolute Gasteiger partial charge is 0.480 e. The molecule has 0 rings (SSSR count). The molecule has 0 aliphatic carbocycles. The van der Waals surface area contributed by atoms with Crippen LogP contribution in [0.4, 0.5) is 4.79 Å². The topological polar surface area (TPSA) is 87.7 Å². The number of ether oxygens (including phenoxy) is 1. The molecule has 0 spiro atoms. The summed E-state index contributed by atoms with van der Waals surface area (Å²) >= 11 is 0. The molecular formula is C11H22N2O4. The lowest BCUT2D eigenvalue weighted by Crippen LogP contribution is -2.45. The first-order chi connectivity index (χ1) is 8.11. The number of amides is 2. The van der Waals surface area contributed by atoms with Gasteiger partial charge in [-0.1, -0.05) is 6.92 Å². The highest BCUT2D eigenvalue weighted by molar-refractivity contribution is 5.82. The lowest BCUT2D eigenvalue weighted by molar-refractivity contribution is -0.139. The van der Waals surface area contributed by atoms with E-state index in [-0.39, 0.29) is 0 Å². The summed E-state index contributed by atoms with van der Waals surface area (Å²) in [5.41, 5.74) is 0. The van der Waals surface area contributed by atoms with Gasteiger partial charge in [0.15, 0.2) is 0 Å². The van der Waals surface area contributed by atoms with Crippen molar-refractivity contribution < 1.29 is 19.4 Å². The molecule has 0 heterocycles. The summed E-state index contributed by atoms with van der Waals surface area (Å²) in [5.74, 6) is -1.01. The molecule has 2 amide bonds. The summed E-state index contributed by atoms with van der Waals surface area (Å²) in [7, 11) is 1.66. The maximum absolute atomic E-state index is 11.3. The zero-order chi connectivity index (χ0) is 13.1. The maximum atomic E-state index is 11.3. The molecule has 0 fully saturated rings. The molecular weight excluding hydrogens is 224 g/mol. The van der Waals surface area contributed by atoms with E-state index in [1.165, 1.54) is 0 Å². The number of carboxylic acid groups (broad SMARTS) is 1.